The van der Waals surface area contributed by atoms with Crippen molar-refractivity contribution in [1.29, 1.82) is 0 Å². The maximum atomic E-state index is 12.9. The molecule has 188 valence electrons. The first kappa shape index (κ1) is 29.6. The maximum Gasteiger partial charge on any atom is 0.326 e. The summed E-state index contributed by atoms with van der Waals surface area (Å²) < 4.78 is 0. The van der Waals surface area contributed by atoms with Gasteiger partial charge in [-0.25, -0.2) is 4.79 Å². The van der Waals surface area contributed by atoms with Crippen molar-refractivity contribution in [3.63, 3.8) is 0 Å². The van der Waals surface area contributed by atoms with Crippen LogP contribution in [0.1, 0.15) is 46.5 Å². The second kappa shape index (κ2) is 14.6. The van der Waals surface area contributed by atoms with Crippen LogP contribution in [0.2, 0.25) is 0 Å². The lowest BCUT2D eigenvalue weighted by Gasteiger charge is -2.27. The van der Waals surface area contributed by atoms with Crippen LogP contribution in [0.25, 0.3) is 0 Å². The largest absolute Gasteiger partial charge is 0.481 e. The number of hydrogen-bond acceptors (Lipinski definition) is 7. The fraction of sp³-hybridized carbons (Fsp3) is 0.684. The Bertz CT molecular complexity index is 738. The average molecular weight is 474 g/mol. The number of nitrogens with zero attached hydrogens (tertiary/aromatic N) is 1. The summed E-state index contributed by atoms with van der Waals surface area (Å²) in [6, 6.07) is -4.77. The van der Waals surface area contributed by atoms with E-state index in [2.05, 4.69) is 20.9 Å². The van der Waals surface area contributed by atoms with Crippen molar-refractivity contribution in [3.05, 3.63) is 0 Å². The molecule has 4 atom stereocenters. The molecular formula is C19H35N7O7. The van der Waals surface area contributed by atoms with Crippen LogP contribution in [0, 0.1) is 5.92 Å². The Labute approximate surface area is 191 Å². The van der Waals surface area contributed by atoms with E-state index in [0.29, 0.717) is 0 Å². The molecule has 33 heavy (non-hydrogen) atoms. The molecule has 0 rings (SSSR count). The lowest BCUT2D eigenvalue weighted by Crippen LogP contribution is -2.58. The Balaban J connectivity index is 5.46. The van der Waals surface area contributed by atoms with Crippen LogP contribution in [-0.4, -0.2) is 76.5 Å². The molecule has 0 aromatic rings. The van der Waals surface area contributed by atoms with E-state index in [0.717, 1.165) is 0 Å². The van der Waals surface area contributed by atoms with Gasteiger partial charge in [-0.2, -0.15) is 0 Å². The summed E-state index contributed by atoms with van der Waals surface area (Å²) in [6.07, 6.45) is -0.156. The molecule has 3 amide bonds. The standard InChI is InChI=1S/C19H35N7O7/c1-4-11(18(32)33)24-17(31)14(9(2)3)26-16(30)12(6-5-7-23-19(21)22)25-15(29)10(20)8-13(27)28/h9-12,14H,4-8,20H2,1-3H3,(H,24,31)(H,25,29)(H,26,30)(H,27,28)(H,32,33)(H4,21,22,23)/t10-,11-,12-,14-/m0/s1. The molecule has 14 nitrogen and oxygen atoms in total. The molecule has 0 saturated heterocycles. The number of carboxylic acid groups (broad SMARTS) is 2. The van der Waals surface area contributed by atoms with E-state index in [1.807, 2.05) is 0 Å². The van der Waals surface area contributed by atoms with E-state index in [-0.39, 0.29) is 31.8 Å². The Morgan fingerprint density at radius 1 is 0.909 bits per heavy atom. The first-order chi connectivity index (χ1) is 15.3. The van der Waals surface area contributed by atoms with Gasteiger partial charge in [-0.05, 0) is 25.2 Å². The van der Waals surface area contributed by atoms with Gasteiger partial charge in [0.25, 0.3) is 0 Å². The molecule has 0 aromatic carbocycles. The van der Waals surface area contributed by atoms with Gasteiger partial charge >= 0.3 is 11.9 Å². The predicted octanol–water partition coefficient (Wildman–Crippen LogP) is -2.55. The lowest BCUT2D eigenvalue weighted by atomic mass is 10.0. The SMILES string of the molecule is CC[C@H](NC(=O)[C@@H](NC(=O)[C@H](CCCN=C(N)N)NC(=O)[C@@H](N)CC(=O)O)C(C)C)C(=O)O. The maximum absolute atomic E-state index is 12.9. The Hall–Kier alpha value is -3.42. The topological polar surface area (TPSA) is 252 Å². The molecule has 0 saturated carbocycles. The molecule has 0 aliphatic carbocycles. The number of aliphatic carboxylic acids is 2. The molecule has 0 spiro atoms. The van der Waals surface area contributed by atoms with Crippen LogP contribution in [0.5, 0.6) is 0 Å². The summed E-state index contributed by atoms with van der Waals surface area (Å²) in [7, 11) is 0. The zero-order valence-electron chi connectivity index (χ0n) is 19.0. The highest BCUT2D eigenvalue weighted by molar-refractivity contribution is 5.94. The third-order valence-corrected chi connectivity index (χ3v) is 4.58. The molecule has 14 heteroatoms. The summed E-state index contributed by atoms with van der Waals surface area (Å²) in [4.78, 5) is 63.6. The number of carbonyl (C=O) groups is 5. The van der Waals surface area contributed by atoms with E-state index < -0.39 is 66.2 Å². The van der Waals surface area contributed by atoms with Gasteiger partial charge < -0.3 is 43.4 Å². The molecule has 0 radical (unpaired) electrons. The number of amides is 3. The minimum Gasteiger partial charge on any atom is -0.481 e. The summed E-state index contributed by atoms with van der Waals surface area (Å²) in [6.45, 7) is 5.06. The normalized spacial score (nSPS) is 14.3. The van der Waals surface area contributed by atoms with Crippen molar-refractivity contribution in [3.8, 4) is 0 Å². The highest BCUT2D eigenvalue weighted by Gasteiger charge is 2.31. The third-order valence-electron chi connectivity index (χ3n) is 4.58. The summed E-state index contributed by atoms with van der Waals surface area (Å²) in [5.74, 6) is -5.34. The molecule has 0 bridgehead atoms. The third kappa shape index (κ3) is 11.7. The zero-order valence-corrected chi connectivity index (χ0v) is 19.0. The van der Waals surface area contributed by atoms with Crippen LogP contribution < -0.4 is 33.2 Å². The molecule has 0 unspecified atom stereocenters. The van der Waals surface area contributed by atoms with Crippen LogP contribution in [0.4, 0.5) is 0 Å². The number of nitrogens with two attached hydrogens (primary N) is 3. The highest BCUT2D eigenvalue weighted by atomic mass is 16.4. The van der Waals surface area contributed by atoms with Crippen molar-refractivity contribution in [2.75, 3.05) is 6.54 Å². The van der Waals surface area contributed by atoms with E-state index in [9.17, 15) is 24.0 Å². The average Bonchev–Trinajstić information content (AvgIpc) is 2.70. The van der Waals surface area contributed by atoms with Crippen molar-refractivity contribution >= 4 is 35.6 Å². The molecule has 11 N–H and O–H groups in total. The van der Waals surface area contributed by atoms with Crippen LogP contribution >= 0.6 is 0 Å². The van der Waals surface area contributed by atoms with Gasteiger partial charge in [0.15, 0.2) is 5.96 Å². The smallest absolute Gasteiger partial charge is 0.326 e. The van der Waals surface area contributed by atoms with E-state index >= 15 is 0 Å². The van der Waals surface area contributed by atoms with Gasteiger partial charge in [0.05, 0.1) is 12.5 Å². The number of nitrogens with one attached hydrogen (secondary N) is 3. The van der Waals surface area contributed by atoms with Gasteiger partial charge in [-0.3, -0.25) is 24.2 Å². The van der Waals surface area contributed by atoms with Gasteiger partial charge in [0.1, 0.15) is 18.1 Å². The lowest BCUT2D eigenvalue weighted by molar-refractivity contribution is -0.142. The molecular weight excluding hydrogens is 438 g/mol. The molecule has 0 fully saturated rings. The number of aliphatic imine (C=N–C) groups is 1. The number of rotatable bonds is 15. The quantitative estimate of drug-likeness (QED) is 0.0701. The van der Waals surface area contributed by atoms with Crippen LogP contribution in [0.15, 0.2) is 4.99 Å². The Kier molecular flexibility index (Phi) is 13.1. The van der Waals surface area contributed by atoms with Crippen molar-refractivity contribution in [2.45, 2.75) is 70.6 Å². The molecule has 0 aliphatic rings. The number of hydrogen-bond donors (Lipinski definition) is 8. The van der Waals surface area contributed by atoms with Crippen LogP contribution in [-0.2, 0) is 24.0 Å². The Morgan fingerprint density at radius 3 is 1.94 bits per heavy atom. The second-order valence-corrected chi connectivity index (χ2v) is 7.75. The summed E-state index contributed by atoms with van der Waals surface area (Å²) in [5.41, 5.74) is 16.1. The highest BCUT2D eigenvalue weighted by Crippen LogP contribution is 2.07. The van der Waals surface area contributed by atoms with Crippen molar-refractivity contribution in [1.82, 2.24) is 16.0 Å². The summed E-state index contributed by atoms with van der Waals surface area (Å²) in [5, 5.41) is 25.2. The molecule has 0 aromatic heterocycles. The number of carboxylic acids is 2. The first-order valence-electron chi connectivity index (χ1n) is 10.5. The summed E-state index contributed by atoms with van der Waals surface area (Å²) >= 11 is 0. The van der Waals surface area contributed by atoms with Gasteiger partial charge in [-0.15, -0.1) is 0 Å². The fourth-order valence-electron chi connectivity index (χ4n) is 2.72. The minimum atomic E-state index is -1.39. The first-order valence-corrected chi connectivity index (χ1v) is 10.5. The van der Waals surface area contributed by atoms with Gasteiger partial charge in [0, 0.05) is 6.54 Å². The van der Waals surface area contributed by atoms with Gasteiger partial charge in [-0.1, -0.05) is 20.8 Å². The van der Waals surface area contributed by atoms with E-state index in [1.54, 1.807) is 20.8 Å². The van der Waals surface area contributed by atoms with E-state index in [1.165, 1.54) is 0 Å². The van der Waals surface area contributed by atoms with Crippen LogP contribution in [0.3, 0.4) is 0 Å². The Morgan fingerprint density at radius 2 is 1.48 bits per heavy atom. The molecule has 0 heterocycles. The number of guanidine groups is 1. The molecule has 0 aliphatic heterocycles. The van der Waals surface area contributed by atoms with Crippen molar-refractivity contribution < 1.29 is 34.2 Å². The van der Waals surface area contributed by atoms with Crippen molar-refractivity contribution in [2.24, 2.45) is 28.1 Å². The monoisotopic (exact) mass is 473 g/mol. The fourth-order valence-corrected chi connectivity index (χ4v) is 2.72. The van der Waals surface area contributed by atoms with E-state index in [4.69, 9.17) is 27.4 Å². The van der Waals surface area contributed by atoms with Gasteiger partial charge in [0.2, 0.25) is 17.7 Å². The predicted molar refractivity (Wildman–Crippen MR) is 119 cm³/mol. The zero-order chi connectivity index (χ0) is 25.7. The minimum absolute atomic E-state index is 0.0628. The second-order valence-electron chi connectivity index (χ2n) is 7.75. The number of carbonyl (C=O) groups excluding carboxylic acids is 3.